The molecule has 10 heteroatoms. The number of aromatic nitrogens is 5. The first-order valence-corrected chi connectivity index (χ1v) is 10.3. The van der Waals surface area contributed by atoms with Gasteiger partial charge >= 0.3 is 0 Å². The van der Waals surface area contributed by atoms with E-state index in [0.717, 1.165) is 24.6 Å². The highest BCUT2D eigenvalue weighted by Gasteiger charge is 2.14. The quantitative estimate of drug-likeness (QED) is 0.258. The first-order valence-electron chi connectivity index (χ1n) is 10.3. The van der Waals surface area contributed by atoms with Gasteiger partial charge in [0.05, 0.1) is 5.69 Å². The Bertz CT molecular complexity index is 983. The summed E-state index contributed by atoms with van der Waals surface area (Å²) in [5.41, 5.74) is 4.22. The molecule has 3 aromatic rings. The first-order chi connectivity index (χ1) is 14.5. The highest BCUT2D eigenvalue weighted by molar-refractivity contribution is 14.0. The van der Waals surface area contributed by atoms with Crippen molar-refractivity contribution in [3.63, 3.8) is 0 Å². The van der Waals surface area contributed by atoms with Crippen LogP contribution in [0.4, 0.5) is 0 Å². The first kappa shape index (κ1) is 24.8. The number of nitrogens with one attached hydrogen (secondary N) is 2. The van der Waals surface area contributed by atoms with E-state index in [1.807, 2.05) is 29.9 Å². The molecule has 0 radical (unpaired) electrons. The molecule has 1 atom stereocenters. The molecule has 0 fully saturated rings. The maximum absolute atomic E-state index is 5.30. The molecule has 0 spiro atoms. The Morgan fingerprint density at radius 3 is 2.74 bits per heavy atom. The molecule has 3 heterocycles. The largest absolute Gasteiger partial charge is 0.357 e. The number of nitrogens with zero attached hydrogens (tertiary/aromatic N) is 6. The van der Waals surface area contributed by atoms with Crippen LogP contribution >= 0.6 is 24.0 Å². The molecule has 0 aliphatic rings. The number of pyridine rings is 1. The molecule has 3 aromatic heterocycles. The topological polar surface area (TPSA) is 106 Å². The summed E-state index contributed by atoms with van der Waals surface area (Å²) in [7, 11) is 1.98. The SMILES string of the molecule is CCNC(=NCCc1noc(-c2ccccn2)n1)NC(C)Cc1c(C)nn(C)c1C.I. The predicted molar refractivity (Wildman–Crippen MR) is 132 cm³/mol. The van der Waals surface area contributed by atoms with Crippen LogP contribution in [-0.2, 0) is 19.9 Å². The molecule has 168 valence electrons. The van der Waals surface area contributed by atoms with E-state index in [-0.39, 0.29) is 30.0 Å². The second-order valence-electron chi connectivity index (χ2n) is 7.26. The van der Waals surface area contributed by atoms with E-state index in [1.54, 1.807) is 6.20 Å². The van der Waals surface area contributed by atoms with Crippen molar-refractivity contribution in [3.8, 4) is 11.6 Å². The number of guanidine groups is 1. The highest BCUT2D eigenvalue weighted by Crippen LogP contribution is 2.14. The third kappa shape index (κ3) is 6.74. The second kappa shape index (κ2) is 11.8. The van der Waals surface area contributed by atoms with Crippen LogP contribution in [0.1, 0.15) is 36.6 Å². The van der Waals surface area contributed by atoms with E-state index < -0.39 is 0 Å². The number of hydrogen-bond donors (Lipinski definition) is 2. The Labute approximate surface area is 200 Å². The van der Waals surface area contributed by atoms with Crippen molar-refractivity contribution in [2.45, 2.75) is 46.6 Å². The van der Waals surface area contributed by atoms with Gasteiger partial charge in [-0.2, -0.15) is 10.1 Å². The van der Waals surface area contributed by atoms with Gasteiger partial charge in [-0.3, -0.25) is 14.7 Å². The minimum atomic E-state index is 0. The number of halogens is 1. The van der Waals surface area contributed by atoms with Gasteiger partial charge in [0.25, 0.3) is 5.89 Å². The zero-order valence-corrected chi connectivity index (χ0v) is 21.0. The Morgan fingerprint density at radius 1 is 1.29 bits per heavy atom. The van der Waals surface area contributed by atoms with Gasteiger partial charge in [-0.1, -0.05) is 11.2 Å². The Hall–Kier alpha value is -2.50. The fourth-order valence-electron chi connectivity index (χ4n) is 3.24. The number of aryl methyl sites for hydroxylation is 2. The summed E-state index contributed by atoms with van der Waals surface area (Å²) in [5.74, 6) is 1.82. The maximum Gasteiger partial charge on any atom is 0.276 e. The summed E-state index contributed by atoms with van der Waals surface area (Å²) in [5, 5.41) is 15.3. The number of hydrogen-bond acceptors (Lipinski definition) is 6. The van der Waals surface area contributed by atoms with Crippen molar-refractivity contribution in [2.24, 2.45) is 12.0 Å². The molecular weight excluding hydrogens is 507 g/mol. The average molecular weight is 538 g/mol. The van der Waals surface area contributed by atoms with E-state index >= 15 is 0 Å². The van der Waals surface area contributed by atoms with Crippen molar-refractivity contribution in [3.05, 3.63) is 47.2 Å². The Kier molecular flexibility index (Phi) is 9.41. The van der Waals surface area contributed by atoms with Crippen LogP contribution < -0.4 is 10.6 Å². The molecule has 0 aliphatic heterocycles. The van der Waals surface area contributed by atoms with Crippen molar-refractivity contribution in [1.82, 2.24) is 35.5 Å². The molecule has 0 saturated heterocycles. The van der Waals surface area contributed by atoms with Crippen LogP contribution in [-0.4, -0.2) is 50.0 Å². The predicted octanol–water partition coefficient (Wildman–Crippen LogP) is 2.83. The van der Waals surface area contributed by atoms with Crippen LogP contribution in [0.25, 0.3) is 11.6 Å². The van der Waals surface area contributed by atoms with E-state index in [4.69, 9.17) is 4.52 Å². The average Bonchev–Trinajstić information content (AvgIpc) is 3.29. The Balaban J connectivity index is 0.00000341. The van der Waals surface area contributed by atoms with Crippen LogP contribution in [0.5, 0.6) is 0 Å². The summed E-state index contributed by atoms with van der Waals surface area (Å²) in [6.07, 6.45) is 3.17. The molecule has 31 heavy (non-hydrogen) atoms. The van der Waals surface area contributed by atoms with Gasteiger partial charge in [0.2, 0.25) is 0 Å². The standard InChI is InChI=1S/C21H30N8O.HI/c1-6-22-21(25-14(2)13-17-15(3)27-29(5)16(17)4)24-12-10-19-26-20(30-28-19)18-9-7-8-11-23-18;/h7-9,11,14H,6,10,12-13H2,1-5H3,(H2,22,24,25);1H. The molecule has 0 aromatic carbocycles. The van der Waals surface area contributed by atoms with E-state index in [2.05, 4.69) is 63.5 Å². The normalized spacial score (nSPS) is 12.4. The van der Waals surface area contributed by atoms with Crippen molar-refractivity contribution in [2.75, 3.05) is 13.1 Å². The van der Waals surface area contributed by atoms with Crippen molar-refractivity contribution in [1.29, 1.82) is 0 Å². The van der Waals surface area contributed by atoms with Crippen LogP contribution in [0.2, 0.25) is 0 Å². The lowest BCUT2D eigenvalue weighted by molar-refractivity contribution is 0.421. The van der Waals surface area contributed by atoms with Gasteiger partial charge in [-0.15, -0.1) is 24.0 Å². The zero-order chi connectivity index (χ0) is 21.5. The molecule has 2 N–H and O–H groups in total. The fraction of sp³-hybridized carbons (Fsp3) is 0.476. The minimum absolute atomic E-state index is 0. The molecule has 0 bridgehead atoms. The van der Waals surface area contributed by atoms with E-state index in [0.29, 0.717) is 30.4 Å². The summed E-state index contributed by atoms with van der Waals surface area (Å²) >= 11 is 0. The van der Waals surface area contributed by atoms with Crippen molar-refractivity contribution >= 4 is 29.9 Å². The number of rotatable bonds is 8. The Morgan fingerprint density at radius 2 is 2.10 bits per heavy atom. The lowest BCUT2D eigenvalue weighted by atomic mass is 10.1. The molecule has 0 amide bonds. The van der Waals surface area contributed by atoms with Gasteiger partial charge in [0, 0.05) is 44.5 Å². The highest BCUT2D eigenvalue weighted by atomic mass is 127. The van der Waals surface area contributed by atoms with Gasteiger partial charge in [0.15, 0.2) is 11.8 Å². The monoisotopic (exact) mass is 538 g/mol. The lowest BCUT2D eigenvalue weighted by Gasteiger charge is -2.18. The van der Waals surface area contributed by atoms with Gasteiger partial charge in [-0.05, 0) is 51.8 Å². The summed E-state index contributed by atoms with van der Waals surface area (Å²) < 4.78 is 7.23. The molecular formula is C21H31IN8O. The van der Waals surface area contributed by atoms with E-state index in [1.165, 1.54) is 11.3 Å². The minimum Gasteiger partial charge on any atom is -0.357 e. The van der Waals surface area contributed by atoms with Crippen molar-refractivity contribution < 1.29 is 4.52 Å². The fourth-order valence-corrected chi connectivity index (χ4v) is 3.24. The zero-order valence-electron chi connectivity index (χ0n) is 18.7. The second-order valence-corrected chi connectivity index (χ2v) is 7.26. The summed E-state index contributed by atoms with van der Waals surface area (Å²) in [6.45, 7) is 9.69. The summed E-state index contributed by atoms with van der Waals surface area (Å²) in [6, 6.07) is 5.80. The maximum atomic E-state index is 5.30. The lowest BCUT2D eigenvalue weighted by Crippen LogP contribution is -2.43. The van der Waals surface area contributed by atoms with Crippen LogP contribution in [0.3, 0.4) is 0 Å². The van der Waals surface area contributed by atoms with Gasteiger partial charge in [-0.25, -0.2) is 0 Å². The van der Waals surface area contributed by atoms with Gasteiger partial charge in [0.1, 0.15) is 5.69 Å². The third-order valence-electron chi connectivity index (χ3n) is 4.85. The van der Waals surface area contributed by atoms with Crippen LogP contribution in [0, 0.1) is 13.8 Å². The summed E-state index contributed by atoms with van der Waals surface area (Å²) in [4.78, 5) is 13.3. The molecule has 3 rings (SSSR count). The van der Waals surface area contributed by atoms with E-state index in [9.17, 15) is 0 Å². The molecule has 0 saturated carbocycles. The molecule has 1 unspecified atom stereocenters. The number of aliphatic imine (C=N–C) groups is 1. The smallest absolute Gasteiger partial charge is 0.276 e. The van der Waals surface area contributed by atoms with Gasteiger partial charge < -0.3 is 15.2 Å². The molecule has 0 aliphatic carbocycles. The third-order valence-corrected chi connectivity index (χ3v) is 4.85. The molecule has 9 nitrogen and oxygen atoms in total. The van der Waals surface area contributed by atoms with Crippen LogP contribution in [0.15, 0.2) is 33.9 Å².